The van der Waals surface area contributed by atoms with E-state index in [0.717, 1.165) is 16.8 Å². The zero-order valence-corrected chi connectivity index (χ0v) is 17.9. The van der Waals surface area contributed by atoms with Gasteiger partial charge in [-0.05, 0) is 54.9 Å². The lowest BCUT2D eigenvalue weighted by Crippen LogP contribution is -2.60. The van der Waals surface area contributed by atoms with Gasteiger partial charge in [0.05, 0.1) is 24.1 Å². The van der Waals surface area contributed by atoms with Crippen LogP contribution in [0.2, 0.25) is 5.02 Å². The lowest BCUT2D eigenvalue weighted by atomic mass is 9.77. The number of pyridine rings is 1. The molecule has 1 aromatic heterocycles. The number of carbonyl (C=O) groups is 1. The Morgan fingerprint density at radius 2 is 2.20 bits per heavy atom. The maximum atomic E-state index is 13.1. The van der Waals surface area contributed by atoms with E-state index in [1.54, 1.807) is 24.5 Å². The van der Waals surface area contributed by atoms with Crippen LogP contribution in [0.3, 0.4) is 0 Å². The fraction of sp³-hybridized carbons (Fsp3) is 0.381. The van der Waals surface area contributed by atoms with Gasteiger partial charge in [0.2, 0.25) is 5.91 Å². The molecule has 2 aromatic rings. The largest absolute Gasteiger partial charge is 0.390 e. The Morgan fingerprint density at radius 1 is 1.40 bits per heavy atom. The molecule has 1 amide bonds. The molecule has 1 saturated heterocycles. The first-order chi connectivity index (χ1) is 14.4. The SMILES string of the molecule is Cc1ccc(N2C(=S)NC3C(O)C(O)CC(C(=O)NCc4cccnc4)C32)cc1Cl. The summed E-state index contributed by atoms with van der Waals surface area (Å²) in [6, 6.07) is 8.23. The highest BCUT2D eigenvalue weighted by Gasteiger charge is 2.53. The molecule has 0 bridgehead atoms. The smallest absolute Gasteiger partial charge is 0.225 e. The molecule has 158 valence electrons. The van der Waals surface area contributed by atoms with Gasteiger partial charge in [0.1, 0.15) is 6.10 Å². The van der Waals surface area contributed by atoms with E-state index in [9.17, 15) is 15.0 Å². The Kier molecular flexibility index (Phi) is 5.92. The fourth-order valence-corrected chi connectivity index (χ4v) is 4.73. The van der Waals surface area contributed by atoms with Crippen molar-refractivity contribution in [3.63, 3.8) is 0 Å². The number of halogens is 1. The van der Waals surface area contributed by atoms with E-state index in [-0.39, 0.29) is 12.3 Å². The summed E-state index contributed by atoms with van der Waals surface area (Å²) in [7, 11) is 0. The third kappa shape index (κ3) is 3.88. The molecule has 1 saturated carbocycles. The highest BCUT2D eigenvalue weighted by Crippen LogP contribution is 2.37. The summed E-state index contributed by atoms with van der Waals surface area (Å²) in [6.45, 7) is 2.23. The molecule has 5 unspecified atom stereocenters. The third-order valence-corrected chi connectivity index (χ3v) is 6.53. The molecular weight excluding hydrogens is 424 g/mol. The van der Waals surface area contributed by atoms with E-state index < -0.39 is 30.2 Å². The zero-order chi connectivity index (χ0) is 21.4. The average molecular weight is 447 g/mol. The van der Waals surface area contributed by atoms with Gasteiger partial charge in [-0.1, -0.05) is 23.7 Å². The minimum absolute atomic E-state index is 0.127. The van der Waals surface area contributed by atoms with Gasteiger partial charge in [0.15, 0.2) is 5.11 Å². The van der Waals surface area contributed by atoms with Crippen molar-refractivity contribution in [2.45, 2.75) is 44.2 Å². The van der Waals surface area contributed by atoms with Crippen LogP contribution in [0.25, 0.3) is 0 Å². The summed E-state index contributed by atoms with van der Waals surface area (Å²) in [4.78, 5) is 19.0. The van der Waals surface area contributed by atoms with E-state index in [1.165, 1.54) is 0 Å². The van der Waals surface area contributed by atoms with E-state index in [0.29, 0.717) is 16.7 Å². The number of aryl methyl sites for hydroxylation is 1. The number of rotatable bonds is 4. The minimum atomic E-state index is -1.04. The number of carbonyl (C=O) groups excluding carboxylic acids is 1. The van der Waals surface area contributed by atoms with Gasteiger partial charge in [-0.3, -0.25) is 9.78 Å². The van der Waals surface area contributed by atoms with Crippen molar-refractivity contribution in [2.75, 3.05) is 4.90 Å². The predicted molar refractivity (Wildman–Crippen MR) is 118 cm³/mol. The number of benzene rings is 1. The predicted octanol–water partition coefficient (Wildman–Crippen LogP) is 1.53. The summed E-state index contributed by atoms with van der Waals surface area (Å²) in [5.74, 6) is -0.799. The molecule has 0 spiro atoms. The second-order valence-corrected chi connectivity index (χ2v) is 8.54. The second kappa shape index (κ2) is 8.47. The number of nitrogens with zero attached hydrogens (tertiary/aromatic N) is 2. The van der Waals surface area contributed by atoms with Crippen molar-refractivity contribution in [2.24, 2.45) is 5.92 Å². The molecule has 1 aliphatic carbocycles. The first-order valence-corrected chi connectivity index (χ1v) is 10.5. The highest BCUT2D eigenvalue weighted by molar-refractivity contribution is 7.80. The number of fused-ring (bicyclic) bond motifs is 1. The normalized spacial score (nSPS) is 28.1. The monoisotopic (exact) mass is 446 g/mol. The summed E-state index contributed by atoms with van der Waals surface area (Å²) in [6.07, 6.45) is 1.42. The van der Waals surface area contributed by atoms with Gasteiger partial charge in [0.25, 0.3) is 0 Å². The van der Waals surface area contributed by atoms with Crippen LogP contribution in [0.1, 0.15) is 17.5 Å². The van der Waals surface area contributed by atoms with Gasteiger partial charge in [0, 0.05) is 29.6 Å². The third-order valence-electron chi connectivity index (χ3n) is 5.80. The van der Waals surface area contributed by atoms with E-state index >= 15 is 0 Å². The van der Waals surface area contributed by atoms with Crippen molar-refractivity contribution in [1.82, 2.24) is 15.6 Å². The topological polar surface area (TPSA) is 97.7 Å². The molecule has 4 N–H and O–H groups in total. The number of aliphatic hydroxyl groups excluding tert-OH is 2. The van der Waals surface area contributed by atoms with Crippen molar-refractivity contribution >= 4 is 40.5 Å². The average Bonchev–Trinajstić information content (AvgIpc) is 3.09. The van der Waals surface area contributed by atoms with Crippen LogP contribution in [-0.2, 0) is 11.3 Å². The van der Waals surface area contributed by atoms with Gasteiger partial charge in [-0.25, -0.2) is 0 Å². The summed E-state index contributed by atoms with van der Waals surface area (Å²) >= 11 is 11.8. The molecule has 4 rings (SSSR count). The maximum absolute atomic E-state index is 13.1. The second-order valence-electron chi connectivity index (χ2n) is 7.75. The Balaban J connectivity index is 1.62. The van der Waals surface area contributed by atoms with Gasteiger partial charge in [-0.15, -0.1) is 0 Å². The van der Waals surface area contributed by atoms with E-state index in [1.807, 2.05) is 30.0 Å². The molecule has 30 heavy (non-hydrogen) atoms. The van der Waals surface area contributed by atoms with Crippen molar-refractivity contribution in [3.05, 3.63) is 58.9 Å². The number of amides is 1. The molecule has 1 aromatic carbocycles. The maximum Gasteiger partial charge on any atom is 0.225 e. The lowest BCUT2D eigenvalue weighted by Gasteiger charge is -2.41. The molecule has 9 heteroatoms. The number of aromatic nitrogens is 1. The Bertz CT molecular complexity index is 961. The van der Waals surface area contributed by atoms with Crippen LogP contribution in [0.5, 0.6) is 0 Å². The standard InChI is InChI=1S/C21H23ClN4O3S/c1-11-4-5-13(7-15(11)22)26-18-14(8-16(27)19(28)17(18)25-21(26)30)20(29)24-10-12-3-2-6-23-9-12/h2-7,9,14,16-19,27-28H,8,10H2,1H3,(H,24,29)(H,25,30). The lowest BCUT2D eigenvalue weighted by molar-refractivity contribution is -0.131. The molecule has 2 aliphatic rings. The fourth-order valence-electron chi connectivity index (χ4n) is 4.20. The molecule has 5 atom stereocenters. The van der Waals surface area contributed by atoms with Crippen LogP contribution >= 0.6 is 23.8 Å². The number of hydrogen-bond acceptors (Lipinski definition) is 5. The molecule has 0 radical (unpaired) electrons. The molecule has 2 fully saturated rings. The summed E-state index contributed by atoms with van der Waals surface area (Å²) in [5, 5.41) is 28.0. The van der Waals surface area contributed by atoms with Crippen LogP contribution < -0.4 is 15.5 Å². The molecule has 2 heterocycles. The van der Waals surface area contributed by atoms with Crippen molar-refractivity contribution in [3.8, 4) is 0 Å². The zero-order valence-electron chi connectivity index (χ0n) is 16.3. The van der Waals surface area contributed by atoms with Gasteiger partial charge >= 0.3 is 0 Å². The first kappa shape index (κ1) is 21.0. The van der Waals surface area contributed by atoms with E-state index in [4.69, 9.17) is 23.8 Å². The Morgan fingerprint density at radius 3 is 2.90 bits per heavy atom. The van der Waals surface area contributed by atoms with Crippen LogP contribution in [-0.4, -0.2) is 50.5 Å². The summed E-state index contributed by atoms with van der Waals surface area (Å²) in [5.41, 5.74) is 2.55. The van der Waals surface area contributed by atoms with E-state index in [2.05, 4.69) is 15.6 Å². The first-order valence-electron chi connectivity index (χ1n) is 9.75. The van der Waals surface area contributed by atoms with Crippen molar-refractivity contribution in [1.29, 1.82) is 0 Å². The highest BCUT2D eigenvalue weighted by atomic mass is 35.5. The Hall–Kier alpha value is -2.26. The van der Waals surface area contributed by atoms with Crippen LogP contribution in [0.4, 0.5) is 5.69 Å². The van der Waals surface area contributed by atoms with Gasteiger partial charge < -0.3 is 25.7 Å². The number of anilines is 1. The number of thiocarbonyl (C=S) groups is 1. The van der Waals surface area contributed by atoms with Crippen LogP contribution in [0, 0.1) is 12.8 Å². The molecular formula is C21H23ClN4O3S. The van der Waals surface area contributed by atoms with Crippen molar-refractivity contribution < 1.29 is 15.0 Å². The minimum Gasteiger partial charge on any atom is -0.390 e. The quantitative estimate of drug-likeness (QED) is 0.529. The number of aliphatic hydroxyl groups is 2. The van der Waals surface area contributed by atoms with Crippen LogP contribution in [0.15, 0.2) is 42.7 Å². The molecule has 7 nitrogen and oxygen atoms in total. The Labute approximate surface area is 185 Å². The van der Waals surface area contributed by atoms with Gasteiger partial charge in [-0.2, -0.15) is 0 Å². The molecule has 1 aliphatic heterocycles. The number of hydrogen-bond donors (Lipinski definition) is 4. The summed E-state index contributed by atoms with van der Waals surface area (Å²) < 4.78 is 0. The number of nitrogens with one attached hydrogen (secondary N) is 2.